The van der Waals surface area contributed by atoms with Crippen LogP contribution in [-0.2, 0) is 12.2 Å². The Balaban J connectivity index is 1.96. The van der Waals surface area contributed by atoms with Gasteiger partial charge in [-0.2, -0.15) is 11.8 Å². The van der Waals surface area contributed by atoms with Crippen LogP contribution >= 0.6 is 39.0 Å². The largest absolute Gasteiger partial charge is 0.306 e. The normalized spacial score (nSPS) is 15.8. The van der Waals surface area contributed by atoms with Crippen molar-refractivity contribution in [1.82, 2.24) is 5.32 Å². The fourth-order valence-corrected chi connectivity index (χ4v) is 5.47. The molecule has 1 aromatic heterocycles. The third-order valence-electron chi connectivity index (χ3n) is 3.62. The van der Waals surface area contributed by atoms with Crippen molar-refractivity contribution in [2.75, 3.05) is 12.3 Å². The molecule has 1 atom stereocenters. The quantitative estimate of drug-likeness (QED) is 0.781. The molecule has 1 nitrogen and oxygen atoms in total. The van der Waals surface area contributed by atoms with Gasteiger partial charge in [0.25, 0.3) is 0 Å². The smallest absolute Gasteiger partial charge is 0.137 e. The van der Waals surface area contributed by atoms with Crippen molar-refractivity contribution in [3.63, 3.8) is 0 Å². The van der Waals surface area contributed by atoms with Crippen LogP contribution in [0.15, 0.2) is 28.7 Å². The minimum atomic E-state index is -0.212. The molecule has 0 radical (unpaired) electrons. The maximum Gasteiger partial charge on any atom is 0.137 e. The Bertz CT molecular complexity index is 618. The summed E-state index contributed by atoms with van der Waals surface area (Å²) in [6.07, 6.45) is 1.18. The van der Waals surface area contributed by atoms with Gasteiger partial charge < -0.3 is 5.32 Å². The van der Waals surface area contributed by atoms with E-state index in [0.29, 0.717) is 4.47 Å². The third kappa shape index (κ3) is 3.36. The molecule has 1 aliphatic rings. The molecule has 1 aromatic carbocycles. The van der Waals surface area contributed by atoms with Gasteiger partial charge in [-0.3, -0.25) is 0 Å². The van der Waals surface area contributed by atoms with Gasteiger partial charge in [-0.05, 0) is 64.0 Å². The van der Waals surface area contributed by atoms with Crippen molar-refractivity contribution in [2.24, 2.45) is 0 Å². The van der Waals surface area contributed by atoms with Crippen LogP contribution in [0.2, 0.25) is 0 Å². The molecule has 1 aliphatic heterocycles. The van der Waals surface area contributed by atoms with Gasteiger partial charge in [0.15, 0.2) is 0 Å². The maximum atomic E-state index is 13.5. The molecular weight excluding hydrogens is 369 g/mol. The number of rotatable bonds is 4. The molecule has 1 N–H and O–H groups in total. The fourth-order valence-electron chi connectivity index (χ4n) is 2.59. The van der Waals surface area contributed by atoms with E-state index in [1.165, 1.54) is 33.6 Å². The van der Waals surface area contributed by atoms with Crippen molar-refractivity contribution in [1.29, 1.82) is 0 Å². The van der Waals surface area contributed by atoms with Crippen LogP contribution in [0.4, 0.5) is 4.39 Å². The third-order valence-corrected chi connectivity index (χ3v) is 6.53. The average molecular weight is 386 g/mol. The predicted molar refractivity (Wildman–Crippen MR) is 93.8 cm³/mol. The Kier molecular flexibility index (Phi) is 5.04. The Morgan fingerprint density at radius 3 is 2.95 bits per heavy atom. The minimum absolute atomic E-state index is 0.146. The number of halogens is 2. The van der Waals surface area contributed by atoms with Gasteiger partial charge in [-0.15, -0.1) is 11.3 Å². The van der Waals surface area contributed by atoms with Crippen LogP contribution in [-0.4, -0.2) is 12.3 Å². The number of hydrogen-bond acceptors (Lipinski definition) is 3. The Labute approximate surface area is 141 Å². The molecule has 0 amide bonds. The zero-order valence-corrected chi connectivity index (χ0v) is 15.0. The zero-order valence-electron chi connectivity index (χ0n) is 11.8. The molecule has 0 fully saturated rings. The highest BCUT2D eigenvalue weighted by molar-refractivity contribution is 9.10. The standard InChI is InChI=1S/C16H17BrFNS2/c1-2-19-16(10-3-4-13(18)12(17)7-10)15-8-11-9-20-6-5-14(11)21-15/h3-4,7-8,16,19H,2,5-6,9H2,1H3. The van der Waals surface area contributed by atoms with Crippen LogP contribution in [0.3, 0.4) is 0 Å². The molecule has 1 unspecified atom stereocenters. The summed E-state index contributed by atoms with van der Waals surface area (Å²) in [7, 11) is 0. The molecule has 2 heterocycles. The molecule has 0 bridgehead atoms. The van der Waals surface area contributed by atoms with Gasteiger partial charge >= 0.3 is 0 Å². The molecular formula is C16H17BrFNS2. The van der Waals surface area contributed by atoms with E-state index in [9.17, 15) is 4.39 Å². The molecule has 0 saturated heterocycles. The SMILES string of the molecule is CCNC(c1ccc(F)c(Br)c1)c1cc2c(s1)CCSC2. The molecule has 112 valence electrons. The Morgan fingerprint density at radius 2 is 2.24 bits per heavy atom. The summed E-state index contributed by atoms with van der Waals surface area (Å²) in [6, 6.07) is 7.77. The number of thioether (sulfide) groups is 1. The lowest BCUT2D eigenvalue weighted by Crippen LogP contribution is -2.21. The second-order valence-electron chi connectivity index (χ2n) is 5.06. The van der Waals surface area contributed by atoms with E-state index in [1.54, 1.807) is 0 Å². The topological polar surface area (TPSA) is 12.0 Å². The summed E-state index contributed by atoms with van der Waals surface area (Å²) in [5.74, 6) is 2.13. The molecule has 5 heteroatoms. The summed E-state index contributed by atoms with van der Waals surface area (Å²) in [6.45, 7) is 2.99. The van der Waals surface area contributed by atoms with Gasteiger partial charge in [0.2, 0.25) is 0 Å². The molecule has 3 rings (SSSR count). The zero-order chi connectivity index (χ0) is 14.8. The van der Waals surface area contributed by atoms with Crippen molar-refractivity contribution < 1.29 is 4.39 Å². The highest BCUT2D eigenvalue weighted by Crippen LogP contribution is 2.37. The van der Waals surface area contributed by atoms with Crippen molar-refractivity contribution in [2.45, 2.75) is 25.1 Å². The first-order valence-corrected chi connectivity index (χ1v) is 9.83. The number of aryl methyl sites for hydroxylation is 1. The predicted octanol–water partition coefficient (Wildman–Crippen LogP) is 5.14. The lowest BCUT2D eigenvalue weighted by atomic mass is 10.0. The van der Waals surface area contributed by atoms with Crippen LogP contribution < -0.4 is 5.32 Å². The minimum Gasteiger partial charge on any atom is -0.306 e. The number of nitrogens with one attached hydrogen (secondary N) is 1. The van der Waals surface area contributed by atoms with Crippen LogP contribution in [0, 0.1) is 5.82 Å². The number of fused-ring (bicyclic) bond motifs is 1. The second-order valence-corrected chi connectivity index (χ2v) is 8.19. The van der Waals surface area contributed by atoms with Gasteiger partial charge in [0.05, 0.1) is 10.5 Å². The summed E-state index contributed by atoms with van der Waals surface area (Å²) >= 11 is 7.20. The van der Waals surface area contributed by atoms with Gasteiger partial charge in [-0.25, -0.2) is 4.39 Å². The number of benzene rings is 1. The molecule has 2 aromatic rings. The van der Waals surface area contributed by atoms with Crippen molar-refractivity contribution >= 4 is 39.0 Å². The van der Waals surface area contributed by atoms with Gasteiger partial charge in [0, 0.05) is 15.5 Å². The second kappa shape index (κ2) is 6.82. The molecule has 21 heavy (non-hydrogen) atoms. The van der Waals surface area contributed by atoms with Crippen molar-refractivity contribution in [3.05, 3.63) is 55.4 Å². The number of hydrogen-bond donors (Lipinski definition) is 1. The van der Waals surface area contributed by atoms with E-state index in [4.69, 9.17) is 0 Å². The van der Waals surface area contributed by atoms with Crippen LogP contribution in [0.5, 0.6) is 0 Å². The number of thiophene rings is 1. The molecule has 0 spiro atoms. The van der Waals surface area contributed by atoms with Crippen LogP contribution in [0.1, 0.15) is 33.8 Å². The van der Waals surface area contributed by atoms with E-state index >= 15 is 0 Å². The van der Waals surface area contributed by atoms with Gasteiger partial charge in [-0.1, -0.05) is 13.0 Å². The highest BCUT2D eigenvalue weighted by atomic mass is 79.9. The maximum absolute atomic E-state index is 13.5. The Morgan fingerprint density at radius 1 is 1.38 bits per heavy atom. The van der Waals surface area contributed by atoms with E-state index < -0.39 is 0 Å². The lowest BCUT2D eigenvalue weighted by Gasteiger charge is -2.17. The lowest BCUT2D eigenvalue weighted by molar-refractivity contribution is 0.611. The summed E-state index contributed by atoms with van der Waals surface area (Å²) in [5, 5.41) is 3.53. The van der Waals surface area contributed by atoms with Crippen molar-refractivity contribution in [3.8, 4) is 0 Å². The first-order valence-electron chi connectivity index (χ1n) is 7.06. The van der Waals surface area contributed by atoms with Gasteiger partial charge in [0.1, 0.15) is 5.82 Å². The van der Waals surface area contributed by atoms with E-state index in [0.717, 1.165) is 17.9 Å². The summed E-state index contributed by atoms with van der Waals surface area (Å²) in [4.78, 5) is 2.86. The van der Waals surface area contributed by atoms with E-state index in [2.05, 4.69) is 34.2 Å². The summed E-state index contributed by atoms with van der Waals surface area (Å²) in [5.41, 5.74) is 2.59. The monoisotopic (exact) mass is 385 g/mol. The average Bonchev–Trinajstić information content (AvgIpc) is 2.91. The van der Waals surface area contributed by atoms with Crippen LogP contribution in [0.25, 0.3) is 0 Å². The summed E-state index contributed by atoms with van der Waals surface area (Å²) < 4.78 is 14.0. The Hall–Kier alpha value is -0.360. The first-order chi connectivity index (χ1) is 10.2. The van der Waals surface area contributed by atoms with E-state index in [1.807, 2.05) is 35.2 Å². The fraction of sp³-hybridized carbons (Fsp3) is 0.375. The van der Waals surface area contributed by atoms with E-state index in [-0.39, 0.29) is 11.9 Å². The highest BCUT2D eigenvalue weighted by Gasteiger charge is 2.20. The molecule has 0 saturated carbocycles. The molecule has 0 aliphatic carbocycles. The first kappa shape index (κ1) is 15.5.